The maximum atomic E-state index is 13.0. The Balaban J connectivity index is 1.60. The number of pyridine rings is 1. The van der Waals surface area contributed by atoms with E-state index in [1.54, 1.807) is 35.1 Å². The van der Waals surface area contributed by atoms with E-state index in [9.17, 15) is 4.79 Å². The molecule has 6 nitrogen and oxygen atoms in total. The Bertz CT molecular complexity index is 1300. The average molecular weight is 393 g/mol. The molecule has 0 aliphatic carbocycles. The Hall–Kier alpha value is -2.84. The first-order valence-corrected chi connectivity index (χ1v) is 10.2. The van der Waals surface area contributed by atoms with Crippen LogP contribution in [0.4, 0.5) is 0 Å². The largest absolute Gasteiger partial charge is 0.310 e. The zero-order valence-corrected chi connectivity index (χ0v) is 16.1. The topological polar surface area (TPSA) is 65.1 Å². The molecule has 0 spiro atoms. The van der Waals surface area contributed by atoms with Crippen molar-refractivity contribution in [1.29, 1.82) is 0 Å². The fourth-order valence-electron chi connectivity index (χ4n) is 3.30. The van der Waals surface area contributed by atoms with Crippen molar-refractivity contribution in [2.45, 2.75) is 19.9 Å². The van der Waals surface area contributed by atoms with E-state index >= 15 is 0 Å². The standard InChI is InChI=1S/C19H15N5OS2/c1-12-17-16(7-22-24(18(17)25)8-13-4-2-3-5-20-13)19-23(12)9-15(27-19)6-14-10-26-11-21-14/h2-5,7,9-11H,6,8H2,1H3. The molecule has 0 amide bonds. The van der Waals surface area contributed by atoms with Crippen LogP contribution in [0.2, 0.25) is 0 Å². The molecule has 0 fully saturated rings. The molecule has 5 aromatic heterocycles. The smallest absolute Gasteiger partial charge is 0.276 e. The molecular formula is C19H15N5OS2. The summed E-state index contributed by atoms with van der Waals surface area (Å²) in [6.07, 6.45) is 6.44. The Morgan fingerprint density at radius 1 is 1.19 bits per heavy atom. The van der Waals surface area contributed by atoms with Gasteiger partial charge in [-0.2, -0.15) is 5.10 Å². The van der Waals surface area contributed by atoms with Crippen LogP contribution in [-0.4, -0.2) is 24.1 Å². The number of hydrogen-bond donors (Lipinski definition) is 0. The van der Waals surface area contributed by atoms with Crippen molar-refractivity contribution in [2.24, 2.45) is 0 Å². The molecule has 0 radical (unpaired) electrons. The van der Waals surface area contributed by atoms with Crippen LogP contribution in [0.3, 0.4) is 0 Å². The molecule has 8 heteroatoms. The first-order valence-electron chi connectivity index (χ1n) is 8.47. The number of hydrogen-bond acceptors (Lipinski definition) is 6. The van der Waals surface area contributed by atoms with Crippen molar-refractivity contribution in [2.75, 3.05) is 0 Å². The summed E-state index contributed by atoms with van der Waals surface area (Å²) in [5.74, 6) is 0. The van der Waals surface area contributed by atoms with Gasteiger partial charge in [-0.25, -0.2) is 9.67 Å². The van der Waals surface area contributed by atoms with E-state index in [1.807, 2.05) is 30.6 Å². The quantitative estimate of drug-likeness (QED) is 0.469. The predicted molar refractivity (Wildman–Crippen MR) is 108 cm³/mol. The SMILES string of the molecule is Cc1c2c(=O)n(Cc3ccccn3)ncc2c2sc(Cc3cscn3)cn12. The molecule has 0 aromatic carbocycles. The minimum atomic E-state index is -0.0763. The van der Waals surface area contributed by atoms with E-state index < -0.39 is 0 Å². The van der Waals surface area contributed by atoms with Gasteiger partial charge in [0.2, 0.25) is 0 Å². The van der Waals surface area contributed by atoms with Crippen LogP contribution >= 0.6 is 22.7 Å². The number of aromatic nitrogens is 5. The van der Waals surface area contributed by atoms with Crippen molar-refractivity contribution in [3.05, 3.63) is 80.0 Å². The van der Waals surface area contributed by atoms with Gasteiger partial charge in [0.1, 0.15) is 4.83 Å². The molecule has 0 unspecified atom stereocenters. The van der Waals surface area contributed by atoms with Crippen LogP contribution in [0.25, 0.3) is 15.6 Å². The van der Waals surface area contributed by atoms with Crippen molar-refractivity contribution in [3.8, 4) is 0 Å². The van der Waals surface area contributed by atoms with E-state index in [0.29, 0.717) is 6.54 Å². The molecule has 0 atom stereocenters. The van der Waals surface area contributed by atoms with Gasteiger partial charge in [0.25, 0.3) is 5.56 Å². The fraction of sp³-hybridized carbons (Fsp3) is 0.158. The lowest BCUT2D eigenvalue weighted by molar-refractivity contribution is 0.636. The van der Waals surface area contributed by atoms with Crippen molar-refractivity contribution in [3.63, 3.8) is 0 Å². The summed E-state index contributed by atoms with van der Waals surface area (Å²) in [4.78, 5) is 23.9. The van der Waals surface area contributed by atoms with Crippen LogP contribution in [0.5, 0.6) is 0 Å². The number of fused-ring (bicyclic) bond motifs is 3. The lowest BCUT2D eigenvalue weighted by Gasteiger charge is -2.04. The lowest BCUT2D eigenvalue weighted by atomic mass is 10.2. The third-order valence-corrected chi connectivity index (χ3v) is 6.35. The molecular weight excluding hydrogens is 378 g/mol. The van der Waals surface area contributed by atoms with Crippen molar-refractivity contribution >= 4 is 38.3 Å². The van der Waals surface area contributed by atoms with Gasteiger partial charge in [-0.05, 0) is 19.1 Å². The van der Waals surface area contributed by atoms with Crippen LogP contribution in [0, 0.1) is 6.92 Å². The predicted octanol–water partition coefficient (Wildman–Crippen LogP) is 3.51. The summed E-state index contributed by atoms with van der Waals surface area (Å²) in [7, 11) is 0. The van der Waals surface area contributed by atoms with Gasteiger partial charge >= 0.3 is 0 Å². The minimum absolute atomic E-state index is 0.0763. The van der Waals surface area contributed by atoms with Crippen LogP contribution in [0.15, 0.2) is 52.5 Å². The lowest BCUT2D eigenvalue weighted by Crippen LogP contribution is -2.23. The second-order valence-electron chi connectivity index (χ2n) is 6.33. The summed E-state index contributed by atoms with van der Waals surface area (Å²) < 4.78 is 3.59. The molecule has 0 bridgehead atoms. The monoisotopic (exact) mass is 393 g/mol. The maximum Gasteiger partial charge on any atom is 0.276 e. The van der Waals surface area contributed by atoms with E-state index in [2.05, 4.69) is 31.0 Å². The Labute approximate surface area is 162 Å². The summed E-state index contributed by atoms with van der Waals surface area (Å²) in [5.41, 5.74) is 4.61. The van der Waals surface area contributed by atoms with Gasteiger partial charge in [-0.15, -0.1) is 22.7 Å². The highest BCUT2D eigenvalue weighted by atomic mass is 32.1. The second kappa shape index (κ2) is 6.40. The van der Waals surface area contributed by atoms with Crippen LogP contribution in [0.1, 0.15) is 22.0 Å². The van der Waals surface area contributed by atoms with Gasteiger partial charge in [0.05, 0.1) is 35.0 Å². The summed E-state index contributed by atoms with van der Waals surface area (Å²) in [6.45, 7) is 2.36. The molecule has 0 aliphatic rings. The Morgan fingerprint density at radius 3 is 2.89 bits per heavy atom. The van der Waals surface area contributed by atoms with Gasteiger partial charge < -0.3 is 4.40 Å². The Kier molecular flexibility index (Phi) is 3.87. The van der Waals surface area contributed by atoms with Gasteiger partial charge in [0.15, 0.2) is 0 Å². The van der Waals surface area contributed by atoms with Gasteiger partial charge in [0, 0.05) is 40.2 Å². The second-order valence-corrected chi connectivity index (χ2v) is 8.17. The molecule has 134 valence electrons. The average Bonchev–Trinajstić information content (AvgIpc) is 3.38. The van der Waals surface area contributed by atoms with Crippen molar-refractivity contribution in [1.82, 2.24) is 24.1 Å². The molecule has 5 rings (SSSR count). The summed E-state index contributed by atoms with van der Waals surface area (Å²) >= 11 is 3.30. The third-order valence-electron chi connectivity index (χ3n) is 4.59. The maximum absolute atomic E-state index is 13.0. The fourth-order valence-corrected chi connectivity index (χ4v) is 5.04. The molecule has 0 N–H and O–H groups in total. The molecule has 5 heterocycles. The summed E-state index contributed by atoms with van der Waals surface area (Å²) in [6, 6.07) is 5.67. The minimum Gasteiger partial charge on any atom is -0.310 e. The van der Waals surface area contributed by atoms with Gasteiger partial charge in [-0.3, -0.25) is 9.78 Å². The van der Waals surface area contributed by atoms with Crippen molar-refractivity contribution < 1.29 is 0 Å². The van der Waals surface area contributed by atoms with E-state index in [4.69, 9.17) is 0 Å². The third kappa shape index (κ3) is 2.77. The number of aryl methyl sites for hydroxylation is 1. The molecule has 0 aliphatic heterocycles. The molecule has 0 saturated carbocycles. The van der Waals surface area contributed by atoms with Crippen LogP contribution < -0.4 is 5.56 Å². The summed E-state index contributed by atoms with van der Waals surface area (Å²) in [5, 5.41) is 8.10. The highest BCUT2D eigenvalue weighted by Crippen LogP contribution is 2.30. The highest BCUT2D eigenvalue weighted by Gasteiger charge is 2.17. The first kappa shape index (κ1) is 16.3. The zero-order valence-electron chi connectivity index (χ0n) is 14.5. The first-order chi connectivity index (χ1) is 13.2. The highest BCUT2D eigenvalue weighted by molar-refractivity contribution is 7.18. The number of thiazole rings is 2. The molecule has 0 saturated heterocycles. The van der Waals surface area contributed by atoms with E-state index in [0.717, 1.165) is 39.1 Å². The molecule has 5 aromatic rings. The Morgan fingerprint density at radius 2 is 2.11 bits per heavy atom. The normalized spacial score (nSPS) is 11.6. The van der Waals surface area contributed by atoms with Gasteiger partial charge in [-0.1, -0.05) is 6.07 Å². The number of nitrogens with zero attached hydrogens (tertiary/aromatic N) is 5. The van der Waals surface area contributed by atoms with E-state index in [-0.39, 0.29) is 5.56 Å². The molecule has 27 heavy (non-hydrogen) atoms. The van der Waals surface area contributed by atoms with Crippen LogP contribution in [-0.2, 0) is 13.0 Å². The zero-order chi connectivity index (χ0) is 18.4. The van der Waals surface area contributed by atoms with E-state index in [1.165, 1.54) is 9.56 Å². The number of rotatable bonds is 4.